The zero-order chi connectivity index (χ0) is 12.5. The van der Waals surface area contributed by atoms with E-state index in [9.17, 15) is 0 Å². The van der Waals surface area contributed by atoms with Gasteiger partial charge in [0, 0.05) is 19.8 Å². The maximum atomic E-state index is 4.70. The van der Waals surface area contributed by atoms with Crippen LogP contribution in [0.2, 0.25) is 0 Å². The molecular weight excluding hydrogens is 226 g/mol. The standard InChI is InChI=1S/C14H13N3O/c1-17(2)12-6-3-10(4-7-12)11-5-8-13-14(9-11)16-18-15-13/h3-9H,1-2H3. The van der Waals surface area contributed by atoms with Crippen molar-refractivity contribution in [3.05, 3.63) is 42.5 Å². The van der Waals surface area contributed by atoms with E-state index in [4.69, 9.17) is 4.63 Å². The predicted molar refractivity (Wildman–Crippen MR) is 71.6 cm³/mol. The van der Waals surface area contributed by atoms with Crippen molar-refractivity contribution in [2.24, 2.45) is 0 Å². The fourth-order valence-electron chi connectivity index (χ4n) is 1.91. The molecule has 90 valence electrons. The summed E-state index contributed by atoms with van der Waals surface area (Å²) >= 11 is 0. The summed E-state index contributed by atoms with van der Waals surface area (Å²) in [5.74, 6) is 0. The smallest absolute Gasteiger partial charge is 0.135 e. The third-order valence-corrected chi connectivity index (χ3v) is 2.97. The van der Waals surface area contributed by atoms with Crippen LogP contribution in [0.25, 0.3) is 22.2 Å². The Balaban J connectivity index is 2.02. The predicted octanol–water partition coefficient (Wildman–Crippen LogP) is 2.96. The number of anilines is 1. The molecule has 4 heteroatoms. The highest BCUT2D eigenvalue weighted by Gasteiger charge is 2.04. The highest BCUT2D eigenvalue weighted by Crippen LogP contribution is 2.24. The minimum absolute atomic E-state index is 0.781. The van der Waals surface area contributed by atoms with Crippen molar-refractivity contribution in [3.8, 4) is 11.1 Å². The Hall–Kier alpha value is -2.36. The van der Waals surface area contributed by atoms with Gasteiger partial charge in [0.2, 0.25) is 0 Å². The molecule has 2 aromatic carbocycles. The Morgan fingerprint density at radius 1 is 0.833 bits per heavy atom. The molecule has 0 aliphatic heterocycles. The van der Waals surface area contributed by atoms with E-state index in [0.717, 1.165) is 22.2 Å². The van der Waals surface area contributed by atoms with Gasteiger partial charge in [-0.15, -0.1) is 0 Å². The van der Waals surface area contributed by atoms with Gasteiger partial charge >= 0.3 is 0 Å². The maximum absolute atomic E-state index is 4.70. The van der Waals surface area contributed by atoms with Gasteiger partial charge in [-0.2, -0.15) is 0 Å². The van der Waals surface area contributed by atoms with E-state index in [2.05, 4.69) is 39.5 Å². The molecule has 0 bridgehead atoms. The molecule has 0 amide bonds. The van der Waals surface area contributed by atoms with Gasteiger partial charge in [0.05, 0.1) is 0 Å². The van der Waals surface area contributed by atoms with Gasteiger partial charge < -0.3 is 4.90 Å². The second-order valence-corrected chi connectivity index (χ2v) is 4.41. The lowest BCUT2D eigenvalue weighted by atomic mass is 10.0. The first kappa shape index (κ1) is 10.8. The van der Waals surface area contributed by atoms with Crippen molar-refractivity contribution < 1.29 is 4.63 Å². The van der Waals surface area contributed by atoms with Gasteiger partial charge in [0.15, 0.2) is 0 Å². The zero-order valence-electron chi connectivity index (χ0n) is 10.3. The number of fused-ring (bicyclic) bond motifs is 1. The lowest BCUT2D eigenvalue weighted by Gasteiger charge is -2.12. The summed E-state index contributed by atoms with van der Waals surface area (Å²) < 4.78 is 4.70. The highest BCUT2D eigenvalue weighted by molar-refractivity contribution is 5.80. The molecule has 18 heavy (non-hydrogen) atoms. The minimum Gasteiger partial charge on any atom is -0.378 e. The Labute approximate surface area is 105 Å². The second-order valence-electron chi connectivity index (χ2n) is 4.41. The van der Waals surface area contributed by atoms with E-state index in [0.29, 0.717) is 0 Å². The lowest BCUT2D eigenvalue weighted by molar-refractivity contribution is 0.315. The van der Waals surface area contributed by atoms with Gasteiger partial charge in [-0.3, -0.25) is 0 Å². The molecule has 0 N–H and O–H groups in total. The number of nitrogens with zero attached hydrogens (tertiary/aromatic N) is 3. The van der Waals surface area contributed by atoms with Gasteiger partial charge in [-0.1, -0.05) is 18.2 Å². The summed E-state index contributed by atoms with van der Waals surface area (Å²) in [7, 11) is 4.06. The van der Waals surface area contributed by atoms with Crippen molar-refractivity contribution in [2.45, 2.75) is 0 Å². The van der Waals surface area contributed by atoms with Crippen LogP contribution in [-0.4, -0.2) is 24.4 Å². The zero-order valence-corrected chi connectivity index (χ0v) is 10.3. The van der Waals surface area contributed by atoms with Crippen LogP contribution in [0.3, 0.4) is 0 Å². The molecule has 1 aromatic heterocycles. The molecule has 3 rings (SSSR count). The van der Waals surface area contributed by atoms with Crippen LogP contribution in [0.5, 0.6) is 0 Å². The number of benzene rings is 2. The van der Waals surface area contributed by atoms with Crippen LogP contribution in [0.1, 0.15) is 0 Å². The van der Waals surface area contributed by atoms with Crippen LogP contribution >= 0.6 is 0 Å². The van der Waals surface area contributed by atoms with Crippen molar-refractivity contribution in [3.63, 3.8) is 0 Å². The lowest BCUT2D eigenvalue weighted by Crippen LogP contribution is -2.07. The summed E-state index contributed by atoms with van der Waals surface area (Å²) in [4.78, 5) is 2.08. The number of aromatic nitrogens is 2. The summed E-state index contributed by atoms with van der Waals surface area (Å²) in [5, 5.41) is 7.65. The third-order valence-electron chi connectivity index (χ3n) is 2.97. The fourth-order valence-corrected chi connectivity index (χ4v) is 1.91. The van der Waals surface area contributed by atoms with E-state index in [1.807, 2.05) is 32.3 Å². The first-order valence-corrected chi connectivity index (χ1v) is 5.74. The Morgan fingerprint density at radius 2 is 1.50 bits per heavy atom. The van der Waals surface area contributed by atoms with E-state index in [1.54, 1.807) is 0 Å². The van der Waals surface area contributed by atoms with Crippen molar-refractivity contribution in [1.29, 1.82) is 0 Å². The topological polar surface area (TPSA) is 42.2 Å². The molecule has 0 saturated carbocycles. The summed E-state index contributed by atoms with van der Waals surface area (Å²) in [5.41, 5.74) is 5.02. The van der Waals surface area contributed by atoms with E-state index in [-0.39, 0.29) is 0 Å². The maximum Gasteiger partial charge on any atom is 0.135 e. The highest BCUT2D eigenvalue weighted by atomic mass is 16.6. The quantitative estimate of drug-likeness (QED) is 0.689. The molecule has 4 nitrogen and oxygen atoms in total. The SMILES string of the molecule is CN(C)c1ccc(-c2ccc3nonc3c2)cc1. The molecule has 0 spiro atoms. The normalized spacial score (nSPS) is 10.8. The molecule has 0 saturated heterocycles. The molecular formula is C14H13N3O. The number of rotatable bonds is 2. The molecule has 0 radical (unpaired) electrons. The molecule has 0 aliphatic rings. The Bertz CT molecular complexity index is 671. The van der Waals surface area contributed by atoms with Crippen LogP contribution in [-0.2, 0) is 0 Å². The molecule has 1 heterocycles. The summed E-state index contributed by atoms with van der Waals surface area (Å²) in [6, 6.07) is 14.3. The summed E-state index contributed by atoms with van der Waals surface area (Å²) in [6.07, 6.45) is 0. The Kier molecular flexibility index (Phi) is 2.48. The van der Waals surface area contributed by atoms with E-state index in [1.165, 1.54) is 5.69 Å². The monoisotopic (exact) mass is 239 g/mol. The number of hydrogen-bond donors (Lipinski definition) is 0. The average molecular weight is 239 g/mol. The van der Waals surface area contributed by atoms with Gasteiger partial charge in [0.1, 0.15) is 11.0 Å². The molecule has 0 atom stereocenters. The first-order chi connectivity index (χ1) is 8.74. The van der Waals surface area contributed by atoms with E-state index < -0.39 is 0 Å². The van der Waals surface area contributed by atoms with Crippen LogP contribution in [0.15, 0.2) is 47.1 Å². The minimum atomic E-state index is 0.781. The van der Waals surface area contributed by atoms with Gasteiger partial charge in [0.25, 0.3) is 0 Å². The largest absolute Gasteiger partial charge is 0.378 e. The molecule has 3 aromatic rings. The van der Waals surface area contributed by atoms with Crippen LogP contribution < -0.4 is 4.90 Å². The number of hydrogen-bond acceptors (Lipinski definition) is 4. The van der Waals surface area contributed by atoms with Crippen LogP contribution in [0, 0.1) is 0 Å². The Morgan fingerprint density at radius 3 is 2.22 bits per heavy atom. The van der Waals surface area contributed by atoms with Crippen LogP contribution in [0.4, 0.5) is 5.69 Å². The van der Waals surface area contributed by atoms with Crippen molar-refractivity contribution >= 4 is 16.7 Å². The molecule has 0 aliphatic carbocycles. The fraction of sp³-hybridized carbons (Fsp3) is 0.143. The average Bonchev–Trinajstić information content (AvgIpc) is 2.86. The van der Waals surface area contributed by atoms with E-state index >= 15 is 0 Å². The molecule has 0 fully saturated rings. The van der Waals surface area contributed by atoms with Crippen molar-refractivity contribution in [1.82, 2.24) is 10.3 Å². The second kappa shape index (κ2) is 4.14. The van der Waals surface area contributed by atoms with Gasteiger partial charge in [-0.05, 0) is 45.7 Å². The third kappa shape index (κ3) is 1.82. The van der Waals surface area contributed by atoms with Gasteiger partial charge in [-0.25, -0.2) is 4.63 Å². The van der Waals surface area contributed by atoms with Crippen molar-refractivity contribution in [2.75, 3.05) is 19.0 Å². The summed E-state index contributed by atoms with van der Waals surface area (Å²) in [6.45, 7) is 0. The first-order valence-electron chi connectivity index (χ1n) is 5.74. The molecule has 0 unspecified atom stereocenters.